The number of benzene rings is 2. The fourth-order valence-corrected chi connectivity index (χ4v) is 23.8. The Hall–Kier alpha value is -0.507. The van der Waals surface area contributed by atoms with E-state index in [1.54, 1.807) is 48.5 Å². The maximum atomic E-state index is 14.2. The summed E-state index contributed by atoms with van der Waals surface area (Å²) in [5.41, 5.74) is 1.46. The first-order valence-electron chi connectivity index (χ1n) is 21.7. The molecule has 62 heavy (non-hydrogen) atoms. The van der Waals surface area contributed by atoms with Crippen LogP contribution in [0, 0.1) is 13.8 Å². The number of ether oxygens (including phenoxy) is 6. The summed E-state index contributed by atoms with van der Waals surface area (Å²) in [6, 6.07) is 12.4. The quantitative estimate of drug-likeness (QED) is 0.140. The van der Waals surface area contributed by atoms with E-state index in [-0.39, 0.29) is 69.8 Å². The van der Waals surface area contributed by atoms with Gasteiger partial charge in [-0.2, -0.15) is 0 Å². The van der Waals surface area contributed by atoms with Crippen LogP contribution in [0.1, 0.15) is 80.4 Å². The molecule has 0 amide bonds. The van der Waals surface area contributed by atoms with Gasteiger partial charge in [-0.1, -0.05) is 0 Å². The summed E-state index contributed by atoms with van der Waals surface area (Å²) in [4.78, 5) is 0.365. The zero-order valence-electron chi connectivity index (χ0n) is 39.5. The second-order valence-corrected chi connectivity index (χ2v) is 43.7. The van der Waals surface area contributed by atoms with Crippen molar-refractivity contribution in [3.63, 3.8) is 0 Å². The molecule has 0 aromatic heterocycles. The van der Waals surface area contributed by atoms with Crippen LogP contribution in [-0.2, 0) is 48.5 Å². The molecule has 4 heterocycles. The number of rotatable bonds is 15. The third-order valence-electron chi connectivity index (χ3n) is 14.1. The molecule has 2 aromatic rings. The number of aryl methyl sites for hydroxylation is 2. The van der Waals surface area contributed by atoms with E-state index in [9.17, 15) is 16.8 Å². The summed E-state index contributed by atoms with van der Waals surface area (Å²) in [5, 5.41) is 0.918. The molecule has 2 aromatic carbocycles. The standard InChI is InChI=1S/C44H72N2O10S2Se2Si2/c1-27-17-21-29(22-18-27)57(47,48)45-31(33-35-37(55-43(9,10)53-35)39(51-33)61(13,14)41(3,4)5)25-59-60-26-32(46-58(49,50)30-23-19-28(2)20-24-30)34-36-38(56-44(11,12)54-36)40(52-34)62(15,16)42(6,7)8/h17-24,31-40,45-46H,25-26H2,1-16H3/t31-,32-,33-,34-,35+,36+,37+,38+,39-,40-/m1/s1. The van der Waals surface area contributed by atoms with Gasteiger partial charge in [-0.05, 0) is 0 Å². The summed E-state index contributed by atoms with van der Waals surface area (Å²) >= 11 is -0.264. The molecule has 4 aliphatic rings. The summed E-state index contributed by atoms with van der Waals surface area (Å²) in [6.45, 7) is 34.2. The Bertz CT molecular complexity index is 1980. The number of fused-ring (bicyclic) bond motifs is 2. The first-order chi connectivity index (χ1) is 28.3. The molecule has 6 rings (SSSR count). The fourth-order valence-electron chi connectivity index (χ4n) is 8.53. The summed E-state index contributed by atoms with van der Waals surface area (Å²) in [6.07, 6.45) is -2.87. The Morgan fingerprint density at radius 1 is 0.565 bits per heavy atom. The minimum atomic E-state index is -3.97. The van der Waals surface area contributed by atoms with Crippen LogP contribution in [0.5, 0.6) is 0 Å². The average Bonchev–Trinajstić information content (AvgIpc) is 3.84. The molecule has 0 aliphatic carbocycles. The van der Waals surface area contributed by atoms with E-state index in [1.807, 2.05) is 41.5 Å². The van der Waals surface area contributed by atoms with Gasteiger partial charge in [0.1, 0.15) is 0 Å². The van der Waals surface area contributed by atoms with E-state index in [0.717, 1.165) is 11.1 Å². The molecule has 350 valence electrons. The zero-order valence-corrected chi connectivity index (χ0v) is 46.6. The summed E-state index contributed by atoms with van der Waals surface area (Å²) in [5.74, 6) is -1.73. The topological polar surface area (TPSA) is 148 Å². The van der Waals surface area contributed by atoms with Crippen LogP contribution in [0.3, 0.4) is 0 Å². The van der Waals surface area contributed by atoms with Crippen LogP contribution < -0.4 is 9.44 Å². The Balaban J connectivity index is 1.31. The van der Waals surface area contributed by atoms with Crippen molar-refractivity contribution in [2.24, 2.45) is 0 Å². The van der Waals surface area contributed by atoms with Gasteiger partial charge in [0, 0.05) is 0 Å². The van der Waals surface area contributed by atoms with Gasteiger partial charge in [-0.3, -0.25) is 0 Å². The number of nitrogens with one attached hydrogen (secondary N) is 2. The molecule has 0 saturated carbocycles. The van der Waals surface area contributed by atoms with E-state index < -0.39 is 84.3 Å². The minimum absolute atomic E-state index is 0.0354. The Morgan fingerprint density at radius 3 is 1.15 bits per heavy atom. The van der Waals surface area contributed by atoms with Crippen LogP contribution in [0.25, 0.3) is 0 Å². The molecule has 18 heteroatoms. The first-order valence-corrected chi connectivity index (χ1v) is 37.6. The molecule has 4 fully saturated rings. The Labute approximate surface area is 385 Å². The molecular weight excluding hydrogens is 995 g/mol. The number of hydrogen-bond acceptors (Lipinski definition) is 10. The molecular formula is C44H72N2O10S2Se2Si2. The first kappa shape index (κ1) is 50.9. The van der Waals surface area contributed by atoms with E-state index in [0.29, 0.717) is 10.6 Å². The number of sulfonamides is 2. The maximum absolute atomic E-state index is 14.2. The molecule has 4 saturated heterocycles. The zero-order chi connectivity index (χ0) is 46.2. The Morgan fingerprint density at radius 2 is 0.855 bits per heavy atom. The van der Waals surface area contributed by atoms with Gasteiger partial charge in [0.2, 0.25) is 0 Å². The summed E-state index contributed by atoms with van der Waals surface area (Å²) < 4.78 is 104. The van der Waals surface area contributed by atoms with E-state index in [2.05, 4.69) is 77.2 Å². The van der Waals surface area contributed by atoms with Gasteiger partial charge in [-0.25, -0.2) is 0 Å². The van der Waals surface area contributed by atoms with E-state index >= 15 is 0 Å². The van der Waals surface area contributed by atoms with Crippen LogP contribution in [-0.4, -0.2) is 131 Å². The predicted octanol–water partition coefficient (Wildman–Crippen LogP) is 7.13. The van der Waals surface area contributed by atoms with Gasteiger partial charge < -0.3 is 0 Å². The van der Waals surface area contributed by atoms with Gasteiger partial charge in [0.05, 0.1) is 0 Å². The van der Waals surface area contributed by atoms with Crippen LogP contribution in [0.2, 0.25) is 46.9 Å². The second-order valence-electron chi connectivity index (χ2n) is 21.8. The van der Waals surface area contributed by atoms with Gasteiger partial charge in [0.15, 0.2) is 0 Å². The normalized spacial score (nSPS) is 30.0. The molecule has 0 spiro atoms. The molecule has 0 unspecified atom stereocenters. The summed E-state index contributed by atoms with van der Waals surface area (Å²) in [7, 11) is -12.3. The molecule has 0 radical (unpaired) electrons. The van der Waals surface area contributed by atoms with E-state index in [4.69, 9.17) is 28.4 Å². The van der Waals surface area contributed by atoms with E-state index in [1.165, 1.54) is 0 Å². The molecule has 2 N–H and O–H groups in total. The van der Waals surface area contributed by atoms with Crippen molar-refractivity contribution in [1.29, 1.82) is 0 Å². The predicted molar refractivity (Wildman–Crippen MR) is 251 cm³/mol. The third-order valence-corrected chi connectivity index (χ3v) is 35.8. The average molecular weight is 1070 g/mol. The van der Waals surface area contributed by atoms with Crippen LogP contribution >= 0.6 is 0 Å². The molecule has 0 bridgehead atoms. The van der Waals surface area contributed by atoms with Crippen LogP contribution in [0.15, 0.2) is 58.3 Å². The van der Waals surface area contributed by atoms with Crippen molar-refractivity contribution >= 4 is 62.5 Å². The second kappa shape index (κ2) is 17.9. The fraction of sp³-hybridized carbons (Fsp3) is 0.727. The molecule has 4 aliphatic heterocycles. The number of hydrogen-bond donors (Lipinski definition) is 2. The monoisotopic (exact) mass is 1070 g/mol. The van der Waals surface area contributed by atoms with Crippen molar-refractivity contribution < 1.29 is 45.3 Å². The van der Waals surface area contributed by atoms with Crippen molar-refractivity contribution in [2.75, 3.05) is 0 Å². The van der Waals surface area contributed by atoms with Crippen molar-refractivity contribution in [1.82, 2.24) is 9.44 Å². The van der Waals surface area contributed by atoms with Crippen molar-refractivity contribution in [2.45, 2.75) is 212 Å². The van der Waals surface area contributed by atoms with Crippen molar-refractivity contribution in [3.05, 3.63) is 59.7 Å². The third kappa shape index (κ3) is 10.6. The SMILES string of the molecule is Cc1ccc(S(=O)(=O)N[C@H](C[Se][Se]C[C@@H](NS(=O)(=O)c2ccc(C)cc2)[C@H]2O[C@H]([Si](C)(C)C(C)(C)C)[C@H]3OC(C)(C)O[C@@H]23)[C@H]2O[C@H]([Si](C)(C)C(C)(C)C)[C@H]3OC(C)(C)O[C@@H]23)cc1. The van der Waals surface area contributed by atoms with Gasteiger partial charge in [-0.15, -0.1) is 0 Å². The van der Waals surface area contributed by atoms with Crippen LogP contribution in [0.4, 0.5) is 0 Å². The van der Waals surface area contributed by atoms with Gasteiger partial charge in [0.25, 0.3) is 0 Å². The molecule has 12 nitrogen and oxygen atoms in total. The van der Waals surface area contributed by atoms with Gasteiger partial charge >= 0.3 is 388 Å². The Kier molecular flexibility index (Phi) is 14.7. The molecule has 10 atom stereocenters. The van der Waals surface area contributed by atoms with Crippen molar-refractivity contribution in [3.8, 4) is 0 Å².